The summed E-state index contributed by atoms with van der Waals surface area (Å²) in [6.45, 7) is 1.74. The fraction of sp³-hybridized carbons (Fsp3) is 0.107. The van der Waals surface area contributed by atoms with Gasteiger partial charge in [-0.25, -0.2) is 14.6 Å². The molecule has 5 aromatic rings. The molecule has 0 saturated carbocycles. The molecule has 3 aromatic heterocycles. The van der Waals surface area contributed by atoms with Crippen molar-refractivity contribution in [3.63, 3.8) is 0 Å². The lowest BCUT2D eigenvalue weighted by molar-refractivity contribution is 0.102. The SMILES string of the molecule is COc1cncc(-c2cnc(N)c(-c3ccc(NC(=O)c4c(C)n(C)n(-c5ccccc5)c4=O)cc3)n2)c1. The van der Waals surface area contributed by atoms with Crippen LogP contribution in [0, 0.1) is 6.92 Å². The maximum absolute atomic E-state index is 13.1. The molecular formula is C28H25N7O3. The van der Waals surface area contributed by atoms with Crippen LogP contribution >= 0.6 is 0 Å². The molecule has 38 heavy (non-hydrogen) atoms. The molecule has 0 saturated heterocycles. The predicted molar refractivity (Wildman–Crippen MR) is 145 cm³/mol. The zero-order valence-electron chi connectivity index (χ0n) is 21.0. The minimum atomic E-state index is -0.489. The van der Waals surface area contributed by atoms with Gasteiger partial charge in [-0.1, -0.05) is 30.3 Å². The molecule has 1 amide bonds. The van der Waals surface area contributed by atoms with Gasteiger partial charge >= 0.3 is 0 Å². The Labute approximate surface area is 218 Å². The topological polar surface area (TPSA) is 130 Å². The molecule has 0 atom stereocenters. The number of nitrogen functional groups attached to an aromatic ring is 1. The van der Waals surface area contributed by atoms with Gasteiger partial charge < -0.3 is 15.8 Å². The number of nitrogens with one attached hydrogen (secondary N) is 1. The molecule has 0 aliphatic heterocycles. The number of pyridine rings is 1. The van der Waals surface area contributed by atoms with E-state index in [4.69, 9.17) is 10.5 Å². The molecule has 0 fully saturated rings. The summed E-state index contributed by atoms with van der Waals surface area (Å²) in [6.07, 6.45) is 4.85. The number of methoxy groups -OCH3 is 1. The molecule has 3 N–H and O–H groups in total. The lowest BCUT2D eigenvalue weighted by Crippen LogP contribution is -2.25. The minimum Gasteiger partial charge on any atom is -0.495 e. The summed E-state index contributed by atoms with van der Waals surface area (Å²) in [4.78, 5) is 39.4. The van der Waals surface area contributed by atoms with Crippen molar-refractivity contribution in [2.45, 2.75) is 6.92 Å². The number of para-hydroxylation sites is 1. The summed E-state index contributed by atoms with van der Waals surface area (Å²) in [6, 6.07) is 18.0. The van der Waals surface area contributed by atoms with E-state index >= 15 is 0 Å². The Bertz CT molecular complexity index is 1690. The highest BCUT2D eigenvalue weighted by molar-refractivity contribution is 6.05. The van der Waals surface area contributed by atoms with Crippen LogP contribution in [-0.4, -0.2) is 37.3 Å². The Morgan fingerprint density at radius 1 is 1.00 bits per heavy atom. The van der Waals surface area contributed by atoms with Gasteiger partial charge in [-0.05, 0) is 37.3 Å². The van der Waals surface area contributed by atoms with Gasteiger partial charge in [-0.15, -0.1) is 0 Å². The first-order valence-electron chi connectivity index (χ1n) is 11.7. The number of rotatable bonds is 6. The van der Waals surface area contributed by atoms with Crippen LogP contribution in [0.1, 0.15) is 16.1 Å². The van der Waals surface area contributed by atoms with Crippen LogP contribution in [-0.2, 0) is 7.05 Å². The molecule has 0 aliphatic carbocycles. The second kappa shape index (κ2) is 10.0. The third kappa shape index (κ3) is 4.50. The third-order valence-electron chi connectivity index (χ3n) is 6.24. The van der Waals surface area contributed by atoms with Gasteiger partial charge in [0.2, 0.25) is 0 Å². The number of hydrogen-bond donors (Lipinski definition) is 2. The van der Waals surface area contributed by atoms with Gasteiger partial charge in [0.25, 0.3) is 11.5 Å². The van der Waals surface area contributed by atoms with Gasteiger partial charge in [-0.2, -0.15) is 0 Å². The summed E-state index contributed by atoms with van der Waals surface area (Å²) >= 11 is 0. The van der Waals surface area contributed by atoms with Crippen molar-refractivity contribution in [2.24, 2.45) is 7.05 Å². The number of amides is 1. The first-order valence-corrected chi connectivity index (χ1v) is 11.7. The largest absolute Gasteiger partial charge is 0.495 e. The molecule has 0 spiro atoms. The number of anilines is 2. The standard InChI is InChI=1S/C28H25N7O3/c1-17-24(28(37)35(34(17)2)21-7-5-4-6-8-21)27(36)32-20-11-9-18(10-12-20)25-26(29)31-16-23(33-25)19-13-22(38-3)15-30-14-19/h4-16H,1-3H3,(H2,29,31)(H,32,36). The lowest BCUT2D eigenvalue weighted by atomic mass is 10.1. The monoisotopic (exact) mass is 507 g/mol. The van der Waals surface area contributed by atoms with Crippen LogP contribution in [0.15, 0.2) is 84.0 Å². The lowest BCUT2D eigenvalue weighted by Gasteiger charge is -2.09. The van der Waals surface area contributed by atoms with Crippen LogP contribution in [0.2, 0.25) is 0 Å². The quantitative estimate of drug-likeness (QED) is 0.357. The average molecular weight is 508 g/mol. The Balaban J connectivity index is 1.40. The highest BCUT2D eigenvalue weighted by atomic mass is 16.5. The number of benzene rings is 2. The summed E-state index contributed by atoms with van der Waals surface area (Å²) in [5.41, 5.74) is 10.1. The molecule has 0 aliphatic rings. The number of carbonyl (C=O) groups is 1. The van der Waals surface area contributed by atoms with E-state index in [0.717, 1.165) is 5.56 Å². The second-order valence-corrected chi connectivity index (χ2v) is 8.57. The highest BCUT2D eigenvalue weighted by Crippen LogP contribution is 2.28. The molecule has 0 bridgehead atoms. The first-order chi connectivity index (χ1) is 18.4. The fourth-order valence-corrected chi connectivity index (χ4v) is 4.16. The van der Waals surface area contributed by atoms with E-state index in [1.807, 2.05) is 36.4 Å². The van der Waals surface area contributed by atoms with E-state index in [1.54, 1.807) is 68.6 Å². The number of nitrogens with two attached hydrogens (primary N) is 1. The maximum atomic E-state index is 13.1. The minimum absolute atomic E-state index is 0.0788. The molecule has 5 rings (SSSR count). The van der Waals surface area contributed by atoms with Gasteiger partial charge in [-0.3, -0.25) is 19.3 Å². The van der Waals surface area contributed by atoms with E-state index in [1.165, 1.54) is 4.68 Å². The molecule has 0 radical (unpaired) electrons. The Hall–Kier alpha value is -5.25. The van der Waals surface area contributed by atoms with Crippen LogP contribution in [0.3, 0.4) is 0 Å². The van der Waals surface area contributed by atoms with Crippen molar-refractivity contribution >= 4 is 17.4 Å². The van der Waals surface area contributed by atoms with E-state index in [0.29, 0.717) is 39.8 Å². The molecule has 3 heterocycles. The molecule has 10 nitrogen and oxygen atoms in total. The van der Waals surface area contributed by atoms with Crippen molar-refractivity contribution in [3.8, 4) is 34.0 Å². The van der Waals surface area contributed by atoms with Gasteiger partial charge in [0.15, 0.2) is 0 Å². The van der Waals surface area contributed by atoms with Crippen molar-refractivity contribution in [1.29, 1.82) is 0 Å². The van der Waals surface area contributed by atoms with E-state index in [2.05, 4.69) is 20.3 Å². The molecule has 2 aromatic carbocycles. The van der Waals surface area contributed by atoms with E-state index in [9.17, 15) is 9.59 Å². The average Bonchev–Trinajstić information content (AvgIpc) is 3.17. The molecule has 190 valence electrons. The van der Waals surface area contributed by atoms with Gasteiger partial charge in [0, 0.05) is 30.1 Å². The number of nitrogens with zero attached hydrogens (tertiary/aromatic N) is 5. The van der Waals surface area contributed by atoms with Crippen LogP contribution in [0.4, 0.5) is 11.5 Å². The number of ether oxygens (including phenoxy) is 1. The summed E-state index contributed by atoms with van der Waals surface area (Å²) in [5.74, 6) is 0.382. The van der Waals surface area contributed by atoms with Gasteiger partial charge in [0.05, 0.1) is 36.6 Å². The fourth-order valence-electron chi connectivity index (χ4n) is 4.16. The van der Waals surface area contributed by atoms with Crippen LogP contribution in [0.25, 0.3) is 28.2 Å². The zero-order chi connectivity index (χ0) is 26.8. The second-order valence-electron chi connectivity index (χ2n) is 8.57. The van der Waals surface area contributed by atoms with Crippen molar-refractivity contribution < 1.29 is 9.53 Å². The van der Waals surface area contributed by atoms with E-state index in [-0.39, 0.29) is 11.4 Å². The first kappa shape index (κ1) is 24.4. The predicted octanol–water partition coefficient (Wildman–Crippen LogP) is 3.85. The third-order valence-corrected chi connectivity index (χ3v) is 6.24. The molecular weight excluding hydrogens is 482 g/mol. The number of hydrogen-bond acceptors (Lipinski definition) is 7. The summed E-state index contributed by atoms with van der Waals surface area (Å²) < 4.78 is 8.39. The van der Waals surface area contributed by atoms with Crippen molar-refractivity contribution in [1.82, 2.24) is 24.3 Å². The number of carbonyl (C=O) groups excluding carboxylic acids is 1. The highest BCUT2D eigenvalue weighted by Gasteiger charge is 2.22. The Kier molecular flexibility index (Phi) is 6.44. The van der Waals surface area contributed by atoms with Crippen molar-refractivity contribution in [3.05, 3.63) is 101 Å². The normalized spacial score (nSPS) is 10.8. The molecule has 0 unspecified atom stereocenters. The maximum Gasteiger partial charge on any atom is 0.284 e. The number of aromatic nitrogens is 5. The van der Waals surface area contributed by atoms with Gasteiger partial charge in [0.1, 0.15) is 22.8 Å². The summed E-state index contributed by atoms with van der Waals surface area (Å²) in [7, 11) is 3.32. The van der Waals surface area contributed by atoms with Crippen LogP contribution < -0.4 is 21.3 Å². The van der Waals surface area contributed by atoms with Crippen molar-refractivity contribution in [2.75, 3.05) is 18.2 Å². The Morgan fingerprint density at radius 2 is 1.74 bits per heavy atom. The molecule has 10 heteroatoms. The van der Waals surface area contributed by atoms with E-state index < -0.39 is 11.5 Å². The zero-order valence-corrected chi connectivity index (χ0v) is 21.0. The summed E-state index contributed by atoms with van der Waals surface area (Å²) in [5, 5.41) is 2.82. The smallest absolute Gasteiger partial charge is 0.284 e. The Morgan fingerprint density at radius 3 is 2.45 bits per heavy atom. The van der Waals surface area contributed by atoms with Crippen LogP contribution in [0.5, 0.6) is 5.75 Å².